The van der Waals surface area contributed by atoms with Gasteiger partial charge in [-0.25, -0.2) is 10.2 Å². The fourth-order valence-electron chi connectivity index (χ4n) is 2.98. The number of benzene rings is 3. The molecule has 0 saturated heterocycles. The van der Waals surface area contributed by atoms with Gasteiger partial charge in [0.25, 0.3) is 5.91 Å². The number of carbonyl (C=O) groups is 2. The molecule has 0 unspecified atom stereocenters. The average Bonchev–Trinajstić information content (AvgIpc) is 3.31. The molecule has 4 rings (SSSR count). The van der Waals surface area contributed by atoms with Crippen molar-refractivity contribution in [2.75, 3.05) is 0 Å². The van der Waals surface area contributed by atoms with Gasteiger partial charge in [0.05, 0.1) is 18.3 Å². The number of hydrogen-bond acceptors (Lipinski definition) is 5. The van der Waals surface area contributed by atoms with E-state index in [0.29, 0.717) is 33.5 Å². The second kappa shape index (κ2) is 10.8. The molecule has 0 aliphatic heterocycles. The number of nitrogens with zero attached hydrogens (tertiary/aromatic N) is 3. The number of carbonyl (C=O) groups excluding carboxylic acids is 2. The molecule has 1 aromatic heterocycles. The van der Waals surface area contributed by atoms with Crippen molar-refractivity contribution in [1.82, 2.24) is 15.2 Å². The van der Waals surface area contributed by atoms with Gasteiger partial charge in [-0.15, -0.1) is 0 Å². The number of aromatic nitrogens is 2. The van der Waals surface area contributed by atoms with Crippen molar-refractivity contribution in [3.8, 4) is 5.75 Å². The van der Waals surface area contributed by atoms with E-state index in [0.717, 1.165) is 5.56 Å². The van der Waals surface area contributed by atoms with E-state index in [9.17, 15) is 9.59 Å². The lowest BCUT2D eigenvalue weighted by Crippen LogP contribution is -2.18. The molecule has 7 nitrogen and oxygen atoms in total. The van der Waals surface area contributed by atoms with Crippen LogP contribution in [0.25, 0.3) is 0 Å². The van der Waals surface area contributed by atoms with Gasteiger partial charge in [0.1, 0.15) is 5.75 Å². The number of nitrogens with one attached hydrogen (secondary N) is 1. The lowest BCUT2D eigenvalue weighted by atomic mass is 10.2. The predicted molar refractivity (Wildman–Crippen MR) is 131 cm³/mol. The van der Waals surface area contributed by atoms with Crippen molar-refractivity contribution in [2.24, 2.45) is 5.10 Å². The zero-order valence-corrected chi connectivity index (χ0v) is 19.2. The van der Waals surface area contributed by atoms with Crippen LogP contribution in [-0.2, 0) is 6.54 Å². The maximum atomic E-state index is 12.3. The number of ether oxygens (including phenoxy) is 1. The first kappa shape index (κ1) is 23.2. The summed E-state index contributed by atoms with van der Waals surface area (Å²) in [5.74, 6) is -0.487. The Morgan fingerprint density at radius 1 is 1.00 bits per heavy atom. The zero-order chi connectivity index (χ0) is 23.9. The Hall–Kier alpha value is -3.94. The Bertz CT molecular complexity index is 1340. The van der Waals surface area contributed by atoms with Gasteiger partial charge in [-0.3, -0.25) is 9.48 Å². The second-order valence-corrected chi connectivity index (χ2v) is 8.00. The minimum atomic E-state index is -0.453. The maximum absolute atomic E-state index is 12.3. The first-order valence-electron chi connectivity index (χ1n) is 10.2. The molecule has 0 radical (unpaired) electrons. The van der Waals surface area contributed by atoms with Gasteiger partial charge in [-0.2, -0.15) is 10.2 Å². The summed E-state index contributed by atoms with van der Waals surface area (Å²) in [6, 6.07) is 22.3. The number of hydrazone groups is 1. The van der Waals surface area contributed by atoms with Crippen molar-refractivity contribution in [3.63, 3.8) is 0 Å². The summed E-state index contributed by atoms with van der Waals surface area (Å²) < 4.78 is 6.94. The summed E-state index contributed by atoms with van der Waals surface area (Å²) in [6.45, 7) is 0.397. The van der Waals surface area contributed by atoms with E-state index in [1.165, 1.54) is 6.21 Å². The summed E-state index contributed by atoms with van der Waals surface area (Å²) in [5.41, 5.74) is 4.66. The van der Waals surface area contributed by atoms with Crippen LogP contribution in [0.5, 0.6) is 5.75 Å². The van der Waals surface area contributed by atoms with Crippen molar-refractivity contribution in [3.05, 3.63) is 117 Å². The molecule has 0 aliphatic carbocycles. The van der Waals surface area contributed by atoms with Crippen molar-refractivity contribution in [2.45, 2.75) is 6.54 Å². The minimum absolute atomic E-state index is 0.213. The van der Waals surface area contributed by atoms with Crippen LogP contribution in [-0.4, -0.2) is 27.9 Å². The Labute approximate surface area is 205 Å². The Balaban J connectivity index is 1.30. The number of hydrogen-bond donors (Lipinski definition) is 1. The molecular formula is C25H18Cl2N4O3. The van der Waals surface area contributed by atoms with Gasteiger partial charge in [-0.05, 0) is 65.7 Å². The molecule has 9 heteroatoms. The van der Waals surface area contributed by atoms with Crippen LogP contribution in [0.3, 0.4) is 0 Å². The van der Waals surface area contributed by atoms with E-state index < -0.39 is 11.9 Å². The summed E-state index contributed by atoms with van der Waals surface area (Å²) >= 11 is 12.1. The maximum Gasteiger partial charge on any atom is 0.343 e. The van der Waals surface area contributed by atoms with Crippen molar-refractivity contribution >= 4 is 41.3 Å². The molecule has 0 fully saturated rings. The summed E-state index contributed by atoms with van der Waals surface area (Å²) in [6.07, 6.45) is 3.16. The van der Waals surface area contributed by atoms with Gasteiger partial charge in [-0.1, -0.05) is 47.5 Å². The first-order chi connectivity index (χ1) is 16.5. The molecule has 170 valence electrons. The first-order valence-corrected chi connectivity index (χ1v) is 10.9. The molecule has 0 spiro atoms. The van der Waals surface area contributed by atoms with E-state index >= 15 is 0 Å². The van der Waals surface area contributed by atoms with E-state index in [-0.39, 0.29) is 5.69 Å². The molecule has 34 heavy (non-hydrogen) atoms. The van der Waals surface area contributed by atoms with Gasteiger partial charge in [0.2, 0.25) is 0 Å². The topological polar surface area (TPSA) is 85.6 Å². The number of halogens is 2. The van der Waals surface area contributed by atoms with Crippen LogP contribution in [0.2, 0.25) is 10.0 Å². The SMILES string of the molecule is O=C(Oc1ccc(/C=N/NC(=O)c2ccn(Cc3ccc(Cl)cc3Cl)n2)cc1)c1ccccc1. The molecule has 0 atom stereocenters. The highest BCUT2D eigenvalue weighted by Crippen LogP contribution is 2.21. The van der Waals surface area contributed by atoms with E-state index in [4.69, 9.17) is 27.9 Å². The van der Waals surface area contributed by atoms with Crippen LogP contribution >= 0.6 is 23.2 Å². The molecule has 0 bridgehead atoms. The second-order valence-electron chi connectivity index (χ2n) is 7.16. The largest absolute Gasteiger partial charge is 0.423 e. The quantitative estimate of drug-likeness (QED) is 0.166. The standard InChI is InChI=1S/C25H18Cl2N4O3/c26-20-9-8-19(22(27)14-20)16-31-13-12-23(30-31)24(32)29-28-15-17-6-10-21(11-7-17)34-25(33)18-4-2-1-3-5-18/h1-15H,16H2,(H,29,32)/b28-15+. The monoisotopic (exact) mass is 492 g/mol. The van der Waals surface area contributed by atoms with Gasteiger partial charge >= 0.3 is 5.97 Å². The summed E-state index contributed by atoms with van der Waals surface area (Å²) in [4.78, 5) is 24.4. The molecule has 1 amide bonds. The van der Waals surface area contributed by atoms with Crippen molar-refractivity contribution in [1.29, 1.82) is 0 Å². The average molecular weight is 493 g/mol. The number of esters is 1. The van der Waals surface area contributed by atoms with Crippen LogP contribution in [0, 0.1) is 0 Å². The zero-order valence-electron chi connectivity index (χ0n) is 17.7. The fraction of sp³-hybridized carbons (Fsp3) is 0.0400. The van der Waals surface area contributed by atoms with Crippen LogP contribution < -0.4 is 10.2 Å². The predicted octanol–water partition coefficient (Wildman–Crippen LogP) is 5.22. The Morgan fingerprint density at radius 2 is 1.76 bits per heavy atom. The molecule has 0 aliphatic rings. The minimum Gasteiger partial charge on any atom is -0.423 e. The van der Waals surface area contributed by atoms with E-state index in [2.05, 4.69) is 15.6 Å². The highest BCUT2D eigenvalue weighted by atomic mass is 35.5. The Kier molecular flexibility index (Phi) is 7.37. The van der Waals surface area contributed by atoms with Crippen LogP contribution in [0.1, 0.15) is 32.0 Å². The third-order valence-electron chi connectivity index (χ3n) is 4.70. The number of amides is 1. The summed E-state index contributed by atoms with van der Waals surface area (Å²) in [5, 5.41) is 9.28. The number of rotatable bonds is 7. The molecule has 3 aromatic carbocycles. The summed E-state index contributed by atoms with van der Waals surface area (Å²) in [7, 11) is 0. The lowest BCUT2D eigenvalue weighted by molar-refractivity contribution is 0.0734. The smallest absolute Gasteiger partial charge is 0.343 e. The van der Waals surface area contributed by atoms with Crippen LogP contribution in [0.4, 0.5) is 0 Å². The lowest BCUT2D eigenvalue weighted by Gasteiger charge is -2.05. The highest BCUT2D eigenvalue weighted by molar-refractivity contribution is 6.35. The fourth-order valence-corrected chi connectivity index (χ4v) is 3.45. The van der Waals surface area contributed by atoms with E-state index in [1.807, 2.05) is 12.1 Å². The Morgan fingerprint density at radius 3 is 2.50 bits per heavy atom. The molecule has 1 heterocycles. The van der Waals surface area contributed by atoms with Crippen molar-refractivity contribution < 1.29 is 14.3 Å². The third-order valence-corrected chi connectivity index (χ3v) is 5.29. The normalized spacial score (nSPS) is 10.9. The molecule has 1 N–H and O–H groups in total. The van der Waals surface area contributed by atoms with Gasteiger partial charge in [0.15, 0.2) is 5.69 Å². The van der Waals surface area contributed by atoms with Gasteiger partial charge in [0, 0.05) is 16.2 Å². The van der Waals surface area contributed by atoms with Gasteiger partial charge < -0.3 is 4.74 Å². The molecule has 0 saturated carbocycles. The third kappa shape index (κ3) is 6.10. The molecule has 4 aromatic rings. The van der Waals surface area contributed by atoms with Crippen LogP contribution in [0.15, 0.2) is 90.2 Å². The highest BCUT2D eigenvalue weighted by Gasteiger charge is 2.10. The van der Waals surface area contributed by atoms with E-state index in [1.54, 1.807) is 77.6 Å². The molecular weight excluding hydrogens is 475 g/mol.